The minimum atomic E-state index is -2.80. The first-order chi connectivity index (χ1) is 9.68. The Morgan fingerprint density at radius 3 is 1.55 bits per heavy atom. The molecule has 0 aromatic rings. The molecule has 0 saturated carbocycles. The lowest BCUT2D eigenvalue weighted by Crippen LogP contribution is -2.00. The van der Waals surface area contributed by atoms with E-state index >= 15 is 0 Å². The lowest BCUT2D eigenvalue weighted by molar-refractivity contribution is 0.219. The first kappa shape index (κ1) is 20.6. The number of hydrogen-bond acceptors (Lipinski definition) is 3. The summed E-state index contributed by atoms with van der Waals surface area (Å²) in [5.74, 6) is 0. The second kappa shape index (κ2) is 14.6. The van der Waals surface area contributed by atoms with Crippen LogP contribution in [-0.4, -0.2) is 24.7 Å². The quantitative estimate of drug-likeness (QED) is 0.197. The van der Waals surface area contributed by atoms with Crippen LogP contribution in [0.3, 0.4) is 0 Å². The average molecular weight is 371 g/mol. The fourth-order valence-corrected chi connectivity index (χ4v) is 4.32. The van der Waals surface area contributed by atoms with Crippen LogP contribution in [0, 0.1) is 0 Å². The van der Waals surface area contributed by atoms with Crippen LogP contribution in [0.1, 0.15) is 71.6 Å². The lowest BCUT2D eigenvalue weighted by Gasteiger charge is -2.16. The Labute approximate surface area is 133 Å². The Morgan fingerprint density at radius 1 is 0.750 bits per heavy atom. The van der Waals surface area contributed by atoms with Gasteiger partial charge in [0.15, 0.2) is 0 Å². The molecule has 0 saturated heterocycles. The largest absolute Gasteiger partial charge is 0.330 e. The van der Waals surface area contributed by atoms with Crippen molar-refractivity contribution in [3.8, 4) is 0 Å². The molecule has 0 N–H and O–H groups in total. The fourth-order valence-electron chi connectivity index (χ4n) is 2.20. The van der Waals surface area contributed by atoms with Crippen LogP contribution in [0.5, 0.6) is 0 Å². The van der Waals surface area contributed by atoms with E-state index in [-0.39, 0.29) is 0 Å². The minimum absolute atomic E-state index is 0.464. The predicted octanol–water partition coefficient (Wildman–Crippen LogP) is 6.16. The van der Waals surface area contributed by atoms with E-state index in [0.717, 1.165) is 18.2 Å². The summed E-state index contributed by atoms with van der Waals surface area (Å²) in [6, 6.07) is 0. The van der Waals surface area contributed by atoms with Gasteiger partial charge in [0.25, 0.3) is 0 Å². The summed E-state index contributed by atoms with van der Waals surface area (Å²) >= 11 is 3.46. The SMILES string of the molecule is CCOP(=O)(CCCCCCCCCCCBr)OCC. The first-order valence-corrected chi connectivity index (χ1v) is 11.0. The molecule has 0 amide bonds. The highest BCUT2D eigenvalue weighted by Gasteiger charge is 2.22. The maximum atomic E-state index is 12.2. The van der Waals surface area contributed by atoms with E-state index in [9.17, 15) is 4.57 Å². The van der Waals surface area contributed by atoms with Gasteiger partial charge in [0.05, 0.1) is 19.4 Å². The molecular weight excluding hydrogens is 339 g/mol. The Morgan fingerprint density at radius 2 is 1.15 bits per heavy atom. The van der Waals surface area contributed by atoms with Crippen molar-refractivity contribution < 1.29 is 13.6 Å². The number of rotatable bonds is 15. The third kappa shape index (κ3) is 12.4. The van der Waals surface area contributed by atoms with E-state index in [1.54, 1.807) is 0 Å². The van der Waals surface area contributed by atoms with Crippen molar-refractivity contribution in [3.05, 3.63) is 0 Å². The number of hydrogen-bond donors (Lipinski definition) is 0. The summed E-state index contributed by atoms with van der Waals surface area (Å²) in [5.41, 5.74) is 0. The van der Waals surface area contributed by atoms with Crippen LogP contribution < -0.4 is 0 Å². The smallest absolute Gasteiger partial charge is 0.309 e. The maximum Gasteiger partial charge on any atom is 0.330 e. The molecular formula is C15H32BrO3P. The van der Waals surface area contributed by atoms with Gasteiger partial charge >= 0.3 is 7.60 Å². The summed E-state index contributed by atoms with van der Waals surface area (Å²) in [5, 5.41) is 1.13. The maximum absolute atomic E-state index is 12.2. The van der Waals surface area contributed by atoms with Crippen molar-refractivity contribution in [3.63, 3.8) is 0 Å². The minimum Gasteiger partial charge on any atom is -0.309 e. The Balaban J connectivity index is 3.43. The molecule has 3 nitrogen and oxygen atoms in total. The van der Waals surface area contributed by atoms with Crippen LogP contribution >= 0.6 is 23.5 Å². The van der Waals surface area contributed by atoms with Crippen molar-refractivity contribution in [2.75, 3.05) is 24.7 Å². The standard InChI is InChI=1S/C15H32BrO3P/c1-3-18-20(17,19-4-2)15-13-11-9-7-5-6-8-10-12-14-16/h3-15H2,1-2H3. The van der Waals surface area contributed by atoms with Crippen molar-refractivity contribution in [2.24, 2.45) is 0 Å². The number of unbranched alkanes of at least 4 members (excludes halogenated alkanes) is 8. The summed E-state index contributed by atoms with van der Waals surface area (Å²) < 4.78 is 22.8. The van der Waals surface area contributed by atoms with Gasteiger partial charge in [-0.1, -0.05) is 60.9 Å². The van der Waals surface area contributed by atoms with E-state index in [4.69, 9.17) is 9.05 Å². The fraction of sp³-hybridized carbons (Fsp3) is 1.00. The first-order valence-electron chi connectivity index (χ1n) is 8.12. The molecule has 0 bridgehead atoms. The molecule has 0 aromatic carbocycles. The van der Waals surface area contributed by atoms with Gasteiger partial charge in [0, 0.05) is 5.33 Å². The van der Waals surface area contributed by atoms with Crippen LogP contribution in [0.25, 0.3) is 0 Å². The molecule has 0 aromatic heterocycles. The Kier molecular flexibility index (Phi) is 15.0. The van der Waals surface area contributed by atoms with Crippen LogP contribution in [0.2, 0.25) is 0 Å². The van der Waals surface area contributed by atoms with E-state index < -0.39 is 7.60 Å². The van der Waals surface area contributed by atoms with Gasteiger partial charge in [0.1, 0.15) is 0 Å². The molecule has 0 spiro atoms. The van der Waals surface area contributed by atoms with Crippen molar-refractivity contribution in [1.82, 2.24) is 0 Å². The van der Waals surface area contributed by atoms with E-state index in [2.05, 4.69) is 15.9 Å². The summed E-state index contributed by atoms with van der Waals surface area (Å²) in [6.07, 6.45) is 11.8. The van der Waals surface area contributed by atoms with Crippen molar-refractivity contribution in [1.29, 1.82) is 0 Å². The van der Waals surface area contributed by atoms with Gasteiger partial charge in [-0.2, -0.15) is 0 Å². The van der Waals surface area contributed by atoms with Gasteiger partial charge in [-0.25, -0.2) is 0 Å². The normalized spacial score (nSPS) is 11.9. The van der Waals surface area contributed by atoms with Gasteiger partial charge in [-0.05, 0) is 26.7 Å². The van der Waals surface area contributed by atoms with E-state index in [1.165, 1.54) is 44.9 Å². The van der Waals surface area contributed by atoms with Gasteiger partial charge in [-0.15, -0.1) is 0 Å². The van der Waals surface area contributed by atoms with Crippen LogP contribution in [0.15, 0.2) is 0 Å². The highest BCUT2D eigenvalue weighted by molar-refractivity contribution is 9.09. The molecule has 5 heteroatoms. The molecule has 0 heterocycles. The molecule has 0 rings (SSSR count). The van der Waals surface area contributed by atoms with Gasteiger partial charge in [-0.3, -0.25) is 4.57 Å². The highest BCUT2D eigenvalue weighted by Crippen LogP contribution is 2.48. The van der Waals surface area contributed by atoms with Gasteiger partial charge in [0.2, 0.25) is 0 Å². The number of alkyl halides is 1. The lowest BCUT2D eigenvalue weighted by atomic mass is 10.1. The molecule has 122 valence electrons. The zero-order chi connectivity index (χ0) is 15.1. The van der Waals surface area contributed by atoms with E-state index in [0.29, 0.717) is 19.4 Å². The predicted molar refractivity (Wildman–Crippen MR) is 91.1 cm³/mol. The third-order valence-corrected chi connectivity index (χ3v) is 5.95. The van der Waals surface area contributed by atoms with Crippen molar-refractivity contribution in [2.45, 2.75) is 71.6 Å². The molecule has 0 radical (unpaired) electrons. The molecule has 0 aliphatic rings. The van der Waals surface area contributed by atoms with Crippen molar-refractivity contribution >= 4 is 23.5 Å². The molecule has 0 atom stereocenters. The highest BCUT2D eigenvalue weighted by atomic mass is 79.9. The van der Waals surface area contributed by atoms with Crippen LogP contribution in [-0.2, 0) is 13.6 Å². The Hall–Kier alpha value is 0.630. The van der Waals surface area contributed by atoms with E-state index in [1.807, 2.05) is 13.8 Å². The molecule has 0 aliphatic heterocycles. The second-order valence-electron chi connectivity index (χ2n) is 5.04. The van der Waals surface area contributed by atoms with Crippen LogP contribution in [0.4, 0.5) is 0 Å². The summed E-state index contributed by atoms with van der Waals surface area (Å²) in [4.78, 5) is 0. The zero-order valence-corrected chi connectivity index (χ0v) is 15.7. The zero-order valence-electron chi connectivity index (χ0n) is 13.2. The third-order valence-electron chi connectivity index (χ3n) is 3.22. The number of halogens is 1. The average Bonchev–Trinajstić information content (AvgIpc) is 2.41. The Bertz CT molecular complexity index is 239. The second-order valence-corrected chi connectivity index (χ2v) is 8.02. The van der Waals surface area contributed by atoms with Gasteiger partial charge < -0.3 is 9.05 Å². The summed E-state index contributed by atoms with van der Waals surface area (Å²) in [7, 11) is -2.80. The molecule has 0 fully saturated rings. The molecule has 20 heavy (non-hydrogen) atoms. The molecule has 0 aliphatic carbocycles. The summed E-state index contributed by atoms with van der Waals surface area (Å²) in [6.45, 7) is 4.65. The topological polar surface area (TPSA) is 35.5 Å². The monoisotopic (exact) mass is 370 g/mol. The molecule has 0 unspecified atom stereocenters.